The molecule has 0 aliphatic carbocycles. The predicted octanol–water partition coefficient (Wildman–Crippen LogP) is 3.34. The first kappa shape index (κ1) is 18.9. The SMILES string of the molecule is Cc1ccc2c(c1)N(C(=O)CCC(=O)NCc1ccc(F)cc1)CC(C)O2. The summed E-state index contributed by atoms with van der Waals surface area (Å²) in [4.78, 5) is 26.4. The molecule has 142 valence electrons. The van der Waals surface area contributed by atoms with Crippen molar-refractivity contribution in [1.29, 1.82) is 0 Å². The second-order valence-corrected chi connectivity index (χ2v) is 6.81. The van der Waals surface area contributed by atoms with Gasteiger partial charge in [0.25, 0.3) is 0 Å². The number of rotatable bonds is 5. The minimum atomic E-state index is -0.314. The average Bonchev–Trinajstić information content (AvgIpc) is 2.65. The zero-order valence-electron chi connectivity index (χ0n) is 15.5. The van der Waals surface area contributed by atoms with Crippen LogP contribution in [-0.2, 0) is 16.1 Å². The van der Waals surface area contributed by atoms with E-state index in [0.29, 0.717) is 18.8 Å². The highest BCUT2D eigenvalue weighted by atomic mass is 19.1. The van der Waals surface area contributed by atoms with Gasteiger partial charge in [0.05, 0.1) is 12.2 Å². The molecule has 1 aliphatic heterocycles. The van der Waals surface area contributed by atoms with Crippen LogP contribution in [0.25, 0.3) is 0 Å². The van der Waals surface area contributed by atoms with Gasteiger partial charge in [-0.05, 0) is 49.2 Å². The lowest BCUT2D eigenvalue weighted by atomic mass is 10.1. The van der Waals surface area contributed by atoms with Gasteiger partial charge in [-0.25, -0.2) is 4.39 Å². The highest BCUT2D eigenvalue weighted by molar-refractivity contribution is 5.97. The van der Waals surface area contributed by atoms with Crippen LogP contribution in [0, 0.1) is 12.7 Å². The zero-order chi connectivity index (χ0) is 19.4. The predicted molar refractivity (Wildman–Crippen MR) is 101 cm³/mol. The highest BCUT2D eigenvalue weighted by Crippen LogP contribution is 2.34. The van der Waals surface area contributed by atoms with Gasteiger partial charge in [-0.15, -0.1) is 0 Å². The molecule has 0 saturated heterocycles. The summed E-state index contributed by atoms with van der Waals surface area (Å²) in [5.41, 5.74) is 2.61. The molecule has 1 heterocycles. The number of aryl methyl sites for hydroxylation is 1. The Balaban J connectivity index is 1.55. The number of fused-ring (bicyclic) bond motifs is 1. The summed E-state index contributed by atoms with van der Waals surface area (Å²) in [6, 6.07) is 11.7. The van der Waals surface area contributed by atoms with Crippen molar-refractivity contribution in [2.24, 2.45) is 0 Å². The molecule has 0 radical (unpaired) electrons. The summed E-state index contributed by atoms with van der Waals surface area (Å²) in [6.45, 7) is 4.65. The molecule has 6 heteroatoms. The van der Waals surface area contributed by atoms with Crippen LogP contribution in [0.5, 0.6) is 5.75 Å². The maximum absolute atomic E-state index is 12.9. The lowest BCUT2D eigenvalue weighted by Crippen LogP contribution is -2.42. The van der Waals surface area contributed by atoms with E-state index in [2.05, 4.69) is 5.32 Å². The zero-order valence-corrected chi connectivity index (χ0v) is 15.5. The third-order valence-corrected chi connectivity index (χ3v) is 4.44. The van der Waals surface area contributed by atoms with E-state index in [1.165, 1.54) is 12.1 Å². The molecule has 2 aromatic carbocycles. The van der Waals surface area contributed by atoms with E-state index in [-0.39, 0.29) is 36.6 Å². The minimum absolute atomic E-state index is 0.101. The maximum atomic E-state index is 12.9. The first-order valence-corrected chi connectivity index (χ1v) is 9.01. The fourth-order valence-electron chi connectivity index (χ4n) is 3.03. The third-order valence-electron chi connectivity index (χ3n) is 4.44. The summed E-state index contributed by atoms with van der Waals surface area (Å²) in [5.74, 6) is 0.0618. The summed E-state index contributed by atoms with van der Waals surface area (Å²) in [5, 5.41) is 2.76. The number of nitrogens with one attached hydrogen (secondary N) is 1. The normalized spacial score (nSPS) is 15.7. The van der Waals surface area contributed by atoms with Crippen molar-refractivity contribution in [3.8, 4) is 5.75 Å². The monoisotopic (exact) mass is 370 g/mol. The summed E-state index contributed by atoms with van der Waals surface area (Å²) in [6.07, 6.45) is 0.124. The van der Waals surface area contributed by atoms with E-state index in [9.17, 15) is 14.0 Å². The second-order valence-electron chi connectivity index (χ2n) is 6.81. The molecule has 2 aromatic rings. The molecule has 2 amide bonds. The van der Waals surface area contributed by atoms with Gasteiger partial charge in [-0.1, -0.05) is 18.2 Å². The van der Waals surface area contributed by atoms with Crippen LogP contribution in [0.2, 0.25) is 0 Å². The maximum Gasteiger partial charge on any atom is 0.227 e. The fourth-order valence-corrected chi connectivity index (χ4v) is 3.03. The molecule has 0 saturated carbocycles. The standard InChI is InChI=1S/C21H23FN2O3/c1-14-3-8-19-18(11-14)24(13-15(2)27-19)21(26)10-9-20(25)23-12-16-4-6-17(22)7-5-16/h3-8,11,15H,9-10,12-13H2,1-2H3,(H,23,25). The quantitative estimate of drug-likeness (QED) is 0.878. The molecule has 1 aliphatic rings. The molecule has 1 atom stereocenters. The number of ether oxygens (including phenoxy) is 1. The Morgan fingerprint density at radius 2 is 1.93 bits per heavy atom. The van der Waals surface area contributed by atoms with E-state index < -0.39 is 0 Å². The number of amides is 2. The minimum Gasteiger partial charge on any atom is -0.487 e. The Morgan fingerprint density at radius 1 is 1.19 bits per heavy atom. The van der Waals surface area contributed by atoms with Crippen molar-refractivity contribution in [3.05, 3.63) is 59.4 Å². The molecule has 5 nitrogen and oxygen atoms in total. The average molecular weight is 370 g/mol. The molecule has 0 bridgehead atoms. The van der Waals surface area contributed by atoms with Crippen molar-refractivity contribution in [1.82, 2.24) is 5.32 Å². The topological polar surface area (TPSA) is 58.6 Å². The smallest absolute Gasteiger partial charge is 0.227 e. The van der Waals surface area contributed by atoms with Crippen molar-refractivity contribution in [3.63, 3.8) is 0 Å². The number of nitrogens with zero attached hydrogens (tertiary/aromatic N) is 1. The van der Waals surface area contributed by atoms with Gasteiger partial charge in [-0.2, -0.15) is 0 Å². The van der Waals surface area contributed by atoms with Gasteiger partial charge < -0.3 is 15.0 Å². The molecule has 0 fully saturated rings. The van der Waals surface area contributed by atoms with Crippen LogP contribution >= 0.6 is 0 Å². The first-order valence-electron chi connectivity index (χ1n) is 9.01. The van der Waals surface area contributed by atoms with Gasteiger partial charge >= 0.3 is 0 Å². The number of hydrogen-bond acceptors (Lipinski definition) is 3. The van der Waals surface area contributed by atoms with E-state index in [0.717, 1.165) is 16.8 Å². The highest BCUT2D eigenvalue weighted by Gasteiger charge is 2.27. The summed E-state index contributed by atoms with van der Waals surface area (Å²) in [7, 11) is 0. The Labute approximate surface area is 158 Å². The lowest BCUT2D eigenvalue weighted by molar-refractivity contribution is -0.125. The number of anilines is 1. The number of carbonyl (C=O) groups excluding carboxylic acids is 2. The molecule has 1 N–H and O–H groups in total. The van der Waals surface area contributed by atoms with Gasteiger partial charge in [0.2, 0.25) is 11.8 Å². The number of hydrogen-bond donors (Lipinski definition) is 1. The largest absolute Gasteiger partial charge is 0.487 e. The van der Waals surface area contributed by atoms with Crippen LogP contribution in [-0.4, -0.2) is 24.5 Å². The third kappa shape index (κ3) is 4.84. The van der Waals surface area contributed by atoms with Crippen LogP contribution in [0.1, 0.15) is 30.9 Å². The van der Waals surface area contributed by atoms with Crippen LogP contribution < -0.4 is 15.0 Å². The Hall–Kier alpha value is -2.89. The molecule has 3 rings (SSSR count). The molecule has 0 aromatic heterocycles. The number of carbonyl (C=O) groups is 2. The van der Waals surface area contributed by atoms with Crippen molar-refractivity contribution in [2.75, 3.05) is 11.4 Å². The Kier molecular flexibility index (Phi) is 5.74. The molecular weight excluding hydrogens is 347 g/mol. The van der Waals surface area contributed by atoms with Crippen molar-refractivity contribution < 1.29 is 18.7 Å². The van der Waals surface area contributed by atoms with E-state index in [4.69, 9.17) is 4.74 Å². The molecule has 1 unspecified atom stereocenters. The van der Waals surface area contributed by atoms with Crippen molar-refractivity contribution >= 4 is 17.5 Å². The van der Waals surface area contributed by atoms with Crippen molar-refractivity contribution in [2.45, 2.75) is 39.3 Å². The van der Waals surface area contributed by atoms with Gasteiger partial charge in [0.15, 0.2) is 0 Å². The van der Waals surface area contributed by atoms with Gasteiger partial charge in [0.1, 0.15) is 17.7 Å². The van der Waals surface area contributed by atoms with Gasteiger partial charge in [0, 0.05) is 19.4 Å². The molecule has 0 spiro atoms. The lowest BCUT2D eigenvalue weighted by Gasteiger charge is -2.33. The van der Waals surface area contributed by atoms with Crippen LogP contribution in [0.4, 0.5) is 10.1 Å². The fraction of sp³-hybridized carbons (Fsp3) is 0.333. The van der Waals surface area contributed by atoms with E-state index >= 15 is 0 Å². The summed E-state index contributed by atoms with van der Waals surface area (Å²) >= 11 is 0. The van der Waals surface area contributed by atoms with E-state index in [1.54, 1.807) is 17.0 Å². The molecular formula is C21H23FN2O3. The second kappa shape index (κ2) is 8.20. The molecule has 27 heavy (non-hydrogen) atoms. The Morgan fingerprint density at radius 3 is 2.67 bits per heavy atom. The van der Waals surface area contributed by atoms with Crippen LogP contribution in [0.15, 0.2) is 42.5 Å². The van der Waals surface area contributed by atoms with Crippen LogP contribution in [0.3, 0.4) is 0 Å². The summed E-state index contributed by atoms with van der Waals surface area (Å²) < 4.78 is 18.7. The Bertz CT molecular complexity index is 836. The number of halogens is 1. The number of benzene rings is 2. The van der Waals surface area contributed by atoms with E-state index in [1.807, 2.05) is 32.0 Å². The van der Waals surface area contributed by atoms with Gasteiger partial charge in [-0.3, -0.25) is 9.59 Å². The first-order chi connectivity index (χ1) is 12.9.